The molecule has 0 saturated carbocycles. The Bertz CT molecular complexity index is 703. The molecule has 5 nitrogen and oxygen atoms in total. The fourth-order valence-corrected chi connectivity index (χ4v) is 3.27. The summed E-state index contributed by atoms with van der Waals surface area (Å²) in [5.41, 5.74) is 0.765. The molecule has 1 unspecified atom stereocenters. The monoisotopic (exact) mass is 394 g/mol. The van der Waals surface area contributed by atoms with Crippen LogP contribution in [0.5, 0.6) is 0 Å². The predicted octanol–water partition coefficient (Wildman–Crippen LogP) is 2.33. The Morgan fingerprint density at radius 2 is 2.04 bits per heavy atom. The minimum atomic E-state index is -3.42. The van der Waals surface area contributed by atoms with Gasteiger partial charge >= 0.3 is 5.92 Å². The molecule has 1 heterocycles. The van der Waals surface area contributed by atoms with E-state index in [0.29, 0.717) is 12.8 Å². The Balaban J connectivity index is 2.00. The maximum atomic E-state index is 13.9. The van der Waals surface area contributed by atoms with Crippen LogP contribution in [0.3, 0.4) is 0 Å². The summed E-state index contributed by atoms with van der Waals surface area (Å²) in [6.45, 7) is 2.14. The highest BCUT2D eigenvalue weighted by atomic mass is 19.3. The third kappa shape index (κ3) is 5.86. The number of hydrogen-bond donors (Lipinski definition) is 1. The molecule has 1 aliphatic rings. The lowest BCUT2D eigenvalue weighted by Crippen LogP contribution is -2.37. The molecule has 1 N–H and O–H groups in total. The van der Waals surface area contributed by atoms with Crippen LogP contribution in [0.15, 0.2) is 36.4 Å². The second kappa shape index (κ2) is 9.78. The van der Waals surface area contributed by atoms with E-state index in [-0.39, 0.29) is 12.1 Å². The van der Waals surface area contributed by atoms with Gasteiger partial charge in [0.2, 0.25) is 0 Å². The van der Waals surface area contributed by atoms with Gasteiger partial charge in [-0.3, -0.25) is 4.79 Å². The number of unbranched alkanes of at least 4 members (excludes halogenated alkanes) is 2. The summed E-state index contributed by atoms with van der Waals surface area (Å²) in [5, 5.41) is 20.7. The fourth-order valence-electron chi connectivity index (χ4n) is 3.27. The van der Waals surface area contributed by atoms with Gasteiger partial charge in [0.1, 0.15) is 0 Å². The first-order chi connectivity index (χ1) is 13.2. The number of aromatic carboxylic acids is 1. The molecule has 1 aliphatic heterocycles. The number of benzene rings is 1. The van der Waals surface area contributed by atoms with Gasteiger partial charge in [-0.2, -0.15) is 8.78 Å². The molecule has 1 fully saturated rings. The van der Waals surface area contributed by atoms with E-state index >= 15 is 0 Å². The first-order valence-corrected chi connectivity index (χ1v) is 9.60. The number of carboxylic acids is 1. The lowest BCUT2D eigenvalue weighted by Gasteiger charge is -2.22. The van der Waals surface area contributed by atoms with Crippen molar-refractivity contribution in [3.8, 4) is 0 Å². The van der Waals surface area contributed by atoms with Crippen LogP contribution in [0.2, 0.25) is 0 Å². The van der Waals surface area contributed by atoms with Crippen LogP contribution in [0.4, 0.5) is 8.78 Å². The van der Waals surface area contributed by atoms with E-state index in [1.807, 2.05) is 0 Å². The molecular formula is C21H26F2NO4-. The molecule has 1 amide bonds. The van der Waals surface area contributed by atoms with E-state index in [4.69, 9.17) is 0 Å². The van der Waals surface area contributed by atoms with Crippen molar-refractivity contribution >= 4 is 11.9 Å². The van der Waals surface area contributed by atoms with Gasteiger partial charge in [-0.15, -0.1) is 0 Å². The number of halogens is 2. The van der Waals surface area contributed by atoms with E-state index in [1.165, 1.54) is 24.3 Å². The van der Waals surface area contributed by atoms with Crippen molar-refractivity contribution in [2.45, 2.75) is 63.5 Å². The van der Waals surface area contributed by atoms with E-state index in [0.717, 1.165) is 29.7 Å². The number of carbonyl (C=O) groups is 2. The largest absolute Gasteiger partial charge is 0.545 e. The second-order valence-corrected chi connectivity index (χ2v) is 7.16. The molecule has 1 saturated heterocycles. The van der Waals surface area contributed by atoms with E-state index < -0.39 is 36.4 Å². The van der Waals surface area contributed by atoms with Gasteiger partial charge in [0, 0.05) is 13.0 Å². The molecule has 0 spiro atoms. The van der Waals surface area contributed by atoms with Crippen LogP contribution in [-0.2, 0) is 11.2 Å². The molecule has 0 radical (unpaired) electrons. The summed E-state index contributed by atoms with van der Waals surface area (Å²) in [4.78, 5) is 23.9. The van der Waals surface area contributed by atoms with Gasteiger partial charge in [0.05, 0.1) is 18.1 Å². The molecule has 28 heavy (non-hydrogen) atoms. The molecule has 1 aromatic carbocycles. The van der Waals surface area contributed by atoms with Crippen LogP contribution in [-0.4, -0.2) is 46.5 Å². The van der Waals surface area contributed by atoms with Gasteiger partial charge in [-0.05, 0) is 24.0 Å². The van der Waals surface area contributed by atoms with Crippen molar-refractivity contribution in [3.63, 3.8) is 0 Å². The smallest absolute Gasteiger partial charge is 0.327 e. The first kappa shape index (κ1) is 22.0. The summed E-state index contributed by atoms with van der Waals surface area (Å²) in [7, 11) is 0. The van der Waals surface area contributed by atoms with Gasteiger partial charge in [-0.1, -0.05) is 62.6 Å². The molecule has 0 aromatic heterocycles. The van der Waals surface area contributed by atoms with Crippen molar-refractivity contribution < 1.29 is 28.6 Å². The zero-order valence-corrected chi connectivity index (χ0v) is 15.9. The summed E-state index contributed by atoms with van der Waals surface area (Å²) >= 11 is 0. The van der Waals surface area contributed by atoms with Crippen LogP contribution < -0.4 is 5.11 Å². The highest BCUT2D eigenvalue weighted by Crippen LogP contribution is 2.34. The van der Waals surface area contributed by atoms with Crippen LogP contribution in [0.25, 0.3) is 0 Å². The molecule has 1 aromatic rings. The Morgan fingerprint density at radius 3 is 2.64 bits per heavy atom. The quantitative estimate of drug-likeness (QED) is 0.488. The third-order valence-electron chi connectivity index (χ3n) is 4.93. The zero-order chi connectivity index (χ0) is 20.7. The third-order valence-corrected chi connectivity index (χ3v) is 4.93. The van der Waals surface area contributed by atoms with Crippen molar-refractivity contribution in [2.75, 3.05) is 6.54 Å². The van der Waals surface area contributed by atoms with Gasteiger partial charge < -0.3 is 19.9 Å². The first-order valence-electron chi connectivity index (χ1n) is 9.60. The SMILES string of the molecule is CCCCCC(O)/C=C/[C@H]1CC(F)(F)C(=O)N1CCc1ccc(C(=O)[O-])cc1. The molecule has 154 valence electrons. The van der Waals surface area contributed by atoms with E-state index in [2.05, 4.69) is 6.92 Å². The van der Waals surface area contributed by atoms with E-state index in [1.54, 1.807) is 12.1 Å². The fraction of sp³-hybridized carbons (Fsp3) is 0.524. The van der Waals surface area contributed by atoms with Gasteiger partial charge in [0.25, 0.3) is 5.91 Å². The van der Waals surface area contributed by atoms with Crippen LogP contribution >= 0.6 is 0 Å². The maximum Gasteiger partial charge on any atom is 0.327 e. The Hall–Kier alpha value is -2.28. The Morgan fingerprint density at radius 1 is 1.36 bits per heavy atom. The topological polar surface area (TPSA) is 80.7 Å². The van der Waals surface area contributed by atoms with E-state index in [9.17, 15) is 28.6 Å². The van der Waals surface area contributed by atoms with Gasteiger partial charge in [0.15, 0.2) is 0 Å². The zero-order valence-electron chi connectivity index (χ0n) is 15.9. The van der Waals surface area contributed by atoms with Gasteiger partial charge in [-0.25, -0.2) is 0 Å². The number of hydrogen-bond acceptors (Lipinski definition) is 4. The number of nitrogens with zero attached hydrogens (tertiary/aromatic N) is 1. The minimum absolute atomic E-state index is 0.0328. The van der Waals surface area contributed by atoms with Crippen molar-refractivity contribution in [1.82, 2.24) is 4.90 Å². The second-order valence-electron chi connectivity index (χ2n) is 7.16. The summed E-state index contributed by atoms with van der Waals surface area (Å²) < 4.78 is 27.8. The molecule has 0 bridgehead atoms. The average Bonchev–Trinajstić information content (AvgIpc) is 2.87. The van der Waals surface area contributed by atoms with Crippen molar-refractivity contribution in [1.29, 1.82) is 0 Å². The van der Waals surface area contributed by atoms with Crippen LogP contribution in [0.1, 0.15) is 54.9 Å². The molecule has 7 heteroatoms. The number of carboxylic acid groups (broad SMARTS) is 1. The number of aliphatic hydroxyl groups excluding tert-OH is 1. The highest BCUT2D eigenvalue weighted by Gasteiger charge is 2.52. The lowest BCUT2D eigenvalue weighted by molar-refractivity contribution is -0.255. The number of aliphatic hydroxyl groups is 1. The average molecular weight is 394 g/mol. The standard InChI is InChI=1S/C21H27F2NO4/c1-2-3-4-5-18(25)11-10-17-14-21(22,23)20(28)24(17)13-12-15-6-8-16(9-7-15)19(26)27/h6-11,17-18,25H,2-5,12-14H2,1H3,(H,26,27)/p-1/b11-10+/t17-,18?/m0/s1. The minimum Gasteiger partial charge on any atom is -0.545 e. The molecule has 2 rings (SSSR count). The Kier molecular flexibility index (Phi) is 7.69. The maximum absolute atomic E-state index is 13.9. The van der Waals surface area contributed by atoms with Crippen molar-refractivity contribution in [3.05, 3.63) is 47.5 Å². The van der Waals surface area contributed by atoms with Crippen LogP contribution in [0, 0.1) is 0 Å². The summed E-state index contributed by atoms with van der Waals surface area (Å²) in [6.07, 6.45) is 5.43. The number of likely N-dealkylation sites (tertiary alicyclic amines) is 1. The number of alkyl halides is 2. The number of amides is 1. The number of carbonyl (C=O) groups excluding carboxylic acids is 2. The summed E-state index contributed by atoms with van der Waals surface area (Å²) in [6, 6.07) is 5.15. The number of rotatable bonds is 10. The Labute approximate surface area is 163 Å². The molecular weight excluding hydrogens is 368 g/mol. The molecule has 2 atom stereocenters. The normalized spacial score (nSPS) is 20.1. The lowest BCUT2D eigenvalue weighted by atomic mass is 10.1. The van der Waals surface area contributed by atoms with Crippen molar-refractivity contribution in [2.24, 2.45) is 0 Å². The highest BCUT2D eigenvalue weighted by molar-refractivity contribution is 5.86. The molecule has 0 aliphatic carbocycles. The predicted molar refractivity (Wildman–Crippen MR) is 98.8 cm³/mol. The summed E-state index contributed by atoms with van der Waals surface area (Å²) in [5.74, 6) is -5.92.